The highest BCUT2D eigenvalue weighted by Gasteiger charge is 2.22. The molecule has 0 spiro atoms. The Hall–Kier alpha value is -3.44. The molecule has 0 bridgehead atoms. The SMILES string of the molecule is NC[C@H]1CCCN1Cc1ccc(C#Cc2ccc(C(CO)Cc3nc[nH]c(=O)c3O)cc2)cc1. The third kappa shape index (κ3) is 5.72. The Morgan fingerprint density at radius 1 is 1.12 bits per heavy atom. The molecule has 0 amide bonds. The van der Waals surface area contributed by atoms with Gasteiger partial charge in [0.1, 0.15) is 0 Å². The van der Waals surface area contributed by atoms with Crippen LogP contribution in [0.25, 0.3) is 0 Å². The fraction of sp³-hybridized carbons (Fsp3) is 0.333. The summed E-state index contributed by atoms with van der Waals surface area (Å²) >= 11 is 0. The molecule has 0 saturated carbocycles. The second kappa shape index (κ2) is 11.1. The topological polar surface area (TPSA) is 115 Å². The van der Waals surface area contributed by atoms with Crippen molar-refractivity contribution >= 4 is 0 Å². The number of aliphatic hydroxyl groups excluding tert-OH is 1. The van der Waals surface area contributed by atoms with Crippen LogP contribution in [-0.4, -0.2) is 50.8 Å². The van der Waals surface area contributed by atoms with Crippen LogP contribution < -0.4 is 11.3 Å². The molecule has 1 aliphatic heterocycles. The molecule has 1 fully saturated rings. The lowest BCUT2D eigenvalue weighted by Crippen LogP contribution is -2.34. The smallest absolute Gasteiger partial charge is 0.293 e. The van der Waals surface area contributed by atoms with Crippen LogP contribution in [-0.2, 0) is 13.0 Å². The largest absolute Gasteiger partial charge is 0.502 e. The van der Waals surface area contributed by atoms with Crippen molar-refractivity contribution in [2.45, 2.75) is 37.8 Å². The molecular weight excluding hydrogens is 428 g/mol. The Kier molecular flexibility index (Phi) is 7.76. The minimum atomic E-state index is -0.587. The van der Waals surface area contributed by atoms with E-state index in [1.165, 1.54) is 24.7 Å². The predicted molar refractivity (Wildman–Crippen MR) is 131 cm³/mol. The van der Waals surface area contributed by atoms with E-state index >= 15 is 0 Å². The van der Waals surface area contributed by atoms with Crippen LogP contribution in [0.4, 0.5) is 0 Å². The molecule has 2 aromatic carbocycles. The van der Waals surface area contributed by atoms with E-state index in [1.54, 1.807) is 0 Å². The highest BCUT2D eigenvalue weighted by Crippen LogP contribution is 2.23. The van der Waals surface area contributed by atoms with Gasteiger partial charge in [-0.05, 0) is 54.8 Å². The lowest BCUT2D eigenvalue weighted by atomic mass is 9.94. The molecule has 2 atom stereocenters. The number of H-pyrrole nitrogens is 1. The third-order valence-electron chi connectivity index (χ3n) is 6.41. The van der Waals surface area contributed by atoms with Crippen LogP contribution in [0.5, 0.6) is 5.75 Å². The molecule has 7 nitrogen and oxygen atoms in total. The normalized spacial score (nSPS) is 16.7. The number of hydrogen-bond acceptors (Lipinski definition) is 6. The zero-order valence-corrected chi connectivity index (χ0v) is 19.1. The van der Waals surface area contributed by atoms with Gasteiger partial charge in [-0.2, -0.15) is 0 Å². The van der Waals surface area contributed by atoms with Crippen molar-refractivity contribution in [3.8, 4) is 17.6 Å². The molecule has 4 rings (SSSR count). The molecule has 176 valence electrons. The van der Waals surface area contributed by atoms with Gasteiger partial charge < -0.3 is 20.9 Å². The summed E-state index contributed by atoms with van der Waals surface area (Å²) in [6.45, 7) is 2.62. The minimum absolute atomic E-state index is 0.130. The molecule has 7 heteroatoms. The summed E-state index contributed by atoms with van der Waals surface area (Å²) in [4.78, 5) is 20.4. The highest BCUT2D eigenvalue weighted by molar-refractivity contribution is 5.44. The van der Waals surface area contributed by atoms with Crippen LogP contribution in [0, 0.1) is 11.8 Å². The lowest BCUT2D eigenvalue weighted by Gasteiger charge is -2.23. The van der Waals surface area contributed by atoms with Gasteiger partial charge in [0.25, 0.3) is 5.56 Å². The van der Waals surface area contributed by atoms with Crippen molar-refractivity contribution in [2.24, 2.45) is 5.73 Å². The molecule has 2 heterocycles. The fourth-order valence-electron chi connectivity index (χ4n) is 4.38. The van der Waals surface area contributed by atoms with E-state index in [1.807, 2.05) is 36.4 Å². The summed E-state index contributed by atoms with van der Waals surface area (Å²) in [6, 6.07) is 16.5. The van der Waals surface area contributed by atoms with Crippen LogP contribution >= 0.6 is 0 Å². The van der Waals surface area contributed by atoms with Crippen LogP contribution in [0.1, 0.15) is 46.7 Å². The van der Waals surface area contributed by atoms with Gasteiger partial charge in [-0.15, -0.1) is 0 Å². The molecule has 34 heavy (non-hydrogen) atoms. The van der Waals surface area contributed by atoms with Gasteiger partial charge in [0, 0.05) is 42.6 Å². The zero-order valence-electron chi connectivity index (χ0n) is 19.1. The number of aromatic hydroxyl groups is 1. The average Bonchev–Trinajstić information content (AvgIpc) is 3.32. The number of nitrogens with two attached hydrogens (primary N) is 1. The zero-order chi connectivity index (χ0) is 23.9. The maximum absolute atomic E-state index is 11.6. The first-order valence-electron chi connectivity index (χ1n) is 11.6. The monoisotopic (exact) mass is 458 g/mol. The van der Waals surface area contributed by atoms with E-state index in [4.69, 9.17) is 5.73 Å². The van der Waals surface area contributed by atoms with Crippen molar-refractivity contribution in [3.05, 3.63) is 93.2 Å². The summed E-state index contributed by atoms with van der Waals surface area (Å²) in [5.41, 5.74) is 9.53. The second-order valence-electron chi connectivity index (χ2n) is 8.68. The Balaban J connectivity index is 1.39. The van der Waals surface area contributed by atoms with Gasteiger partial charge in [-0.25, -0.2) is 4.98 Å². The van der Waals surface area contributed by atoms with Crippen molar-refractivity contribution in [1.29, 1.82) is 0 Å². The Labute approximate surface area is 199 Å². The maximum atomic E-state index is 11.6. The molecule has 1 aromatic heterocycles. The minimum Gasteiger partial charge on any atom is -0.502 e. The summed E-state index contributed by atoms with van der Waals surface area (Å²) in [6.07, 6.45) is 3.91. The molecule has 1 saturated heterocycles. The Morgan fingerprint density at radius 3 is 2.44 bits per heavy atom. The second-order valence-corrected chi connectivity index (χ2v) is 8.68. The summed E-state index contributed by atoms with van der Waals surface area (Å²) < 4.78 is 0. The molecule has 0 aliphatic carbocycles. The quantitative estimate of drug-likeness (QED) is 0.403. The van der Waals surface area contributed by atoms with E-state index in [2.05, 4.69) is 38.8 Å². The number of nitrogens with zero attached hydrogens (tertiary/aromatic N) is 2. The molecule has 0 radical (unpaired) electrons. The van der Waals surface area contributed by atoms with E-state index < -0.39 is 11.3 Å². The Morgan fingerprint density at radius 2 is 1.79 bits per heavy atom. The highest BCUT2D eigenvalue weighted by atomic mass is 16.3. The summed E-state index contributed by atoms with van der Waals surface area (Å²) in [5, 5.41) is 19.7. The summed E-state index contributed by atoms with van der Waals surface area (Å²) in [7, 11) is 0. The van der Waals surface area contributed by atoms with E-state index in [0.717, 1.165) is 29.8 Å². The number of aromatic amines is 1. The number of nitrogens with one attached hydrogen (secondary N) is 1. The van der Waals surface area contributed by atoms with Crippen molar-refractivity contribution in [2.75, 3.05) is 19.7 Å². The first kappa shape index (κ1) is 23.7. The van der Waals surface area contributed by atoms with Crippen LogP contribution in [0.3, 0.4) is 0 Å². The van der Waals surface area contributed by atoms with Crippen molar-refractivity contribution in [3.63, 3.8) is 0 Å². The van der Waals surface area contributed by atoms with Crippen LogP contribution in [0.15, 0.2) is 59.7 Å². The number of rotatable bonds is 7. The van der Waals surface area contributed by atoms with Gasteiger partial charge in [-0.1, -0.05) is 36.1 Å². The standard InChI is InChI=1S/C27H30N4O3/c28-15-24-2-1-13-31(24)16-21-7-5-19(6-8-21)3-4-20-9-11-22(12-10-20)23(17-32)14-25-26(33)27(34)30-18-29-25/h5-12,18,23-24,32-33H,1-2,13-17,28H2,(H,29,30,34)/t23?,24-/m1/s1. The van der Waals surface area contributed by atoms with E-state index in [0.29, 0.717) is 12.6 Å². The summed E-state index contributed by atoms with van der Waals surface area (Å²) in [5.74, 6) is 5.69. The number of benzene rings is 2. The molecule has 1 unspecified atom stereocenters. The van der Waals surface area contributed by atoms with Crippen molar-refractivity contribution in [1.82, 2.24) is 14.9 Å². The van der Waals surface area contributed by atoms with Crippen molar-refractivity contribution < 1.29 is 10.2 Å². The van der Waals surface area contributed by atoms with Gasteiger partial charge >= 0.3 is 0 Å². The van der Waals surface area contributed by atoms with Gasteiger partial charge in [0.15, 0.2) is 0 Å². The number of hydrogen-bond donors (Lipinski definition) is 4. The first-order chi connectivity index (χ1) is 16.6. The van der Waals surface area contributed by atoms with E-state index in [-0.39, 0.29) is 24.6 Å². The molecule has 3 aromatic rings. The predicted octanol–water partition coefficient (Wildman–Crippen LogP) is 2.12. The number of aromatic nitrogens is 2. The first-order valence-corrected chi connectivity index (χ1v) is 11.6. The lowest BCUT2D eigenvalue weighted by molar-refractivity contribution is 0.250. The average molecular weight is 459 g/mol. The van der Waals surface area contributed by atoms with E-state index in [9.17, 15) is 15.0 Å². The van der Waals surface area contributed by atoms with Crippen LogP contribution in [0.2, 0.25) is 0 Å². The molecule has 1 aliphatic rings. The maximum Gasteiger partial charge on any atom is 0.293 e. The molecular formula is C27H30N4O3. The number of likely N-dealkylation sites (tertiary alicyclic amines) is 1. The fourth-order valence-corrected chi connectivity index (χ4v) is 4.38. The van der Waals surface area contributed by atoms with Gasteiger partial charge in [-0.3, -0.25) is 9.69 Å². The third-order valence-corrected chi connectivity index (χ3v) is 6.41. The number of aliphatic hydroxyl groups is 1. The molecule has 5 N–H and O–H groups in total. The van der Waals surface area contributed by atoms with Gasteiger partial charge in [0.2, 0.25) is 5.75 Å². The van der Waals surface area contributed by atoms with Gasteiger partial charge in [0.05, 0.1) is 18.6 Å². The Bertz CT molecular complexity index is 1210.